The minimum atomic E-state index is -0.739. The maximum atomic E-state index is 13.0. The Morgan fingerprint density at radius 3 is 2.75 bits per heavy atom. The largest absolute Gasteiger partial charge is 0.507 e. The number of pyridine rings is 1. The van der Waals surface area contributed by atoms with Gasteiger partial charge in [-0.05, 0) is 36.2 Å². The number of aliphatic hydroxyl groups is 1. The normalized spacial score (nSPS) is 19.0. The van der Waals surface area contributed by atoms with E-state index in [1.54, 1.807) is 55.2 Å². The summed E-state index contributed by atoms with van der Waals surface area (Å²) in [6.45, 7) is 1.07. The first-order valence-electron chi connectivity index (χ1n) is 10.2. The Labute approximate surface area is 183 Å². The molecule has 1 fully saturated rings. The van der Waals surface area contributed by atoms with Crippen molar-refractivity contribution < 1.29 is 24.2 Å². The number of ketones is 1. The number of amides is 1. The standard InChI is InChI=1S/C23H20N4O5/c28-21(15-4-5-17-18(11-15)32-14-31-17)19-20(16-3-1-6-24-12-16)27(23(30)22(19)29)9-2-8-26-10-7-25-13-26/h1,3-7,10-13,20,28H,2,8-9,14H2. The molecule has 2 aliphatic rings. The monoisotopic (exact) mass is 432 g/mol. The van der Waals surface area contributed by atoms with Crippen LogP contribution in [0.1, 0.15) is 23.6 Å². The number of fused-ring (bicyclic) bond motifs is 1. The molecule has 0 spiro atoms. The molecule has 9 nitrogen and oxygen atoms in total. The molecule has 1 unspecified atom stereocenters. The van der Waals surface area contributed by atoms with Crippen LogP contribution in [0.2, 0.25) is 0 Å². The fraction of sp³-hybridized carbons (Fsp3) is 0.217. The average Bonchev–Trinajstić information content (AvgIpc) is 3.55. The second-order valence-electron chi connectivity index (χ2n) is 7.50. The summed E-state index contributed by atoms with van der Waals surface area (Å²) in [5.74, 6) is -0.595. The van der Waals surface area contributed by atoms with Crippen molar-refractivity contribution in [2.75, 3.05) is 13.3 Å². The lowest BCUT2D eigenvalue weighted by atomic mass is 9.96. The summed E-state index contributed by atoms with van der Waals surface area (Å²) >= 11 is 0. The van der Waals surface area contributed by atoms with Crippen molar-refractivity contribution in [1.29, 1.82) is 0 Å². The van der Waals surface area contributed by atoms with Gasteiger partial charge in [0, 0.05) is 43.4 Å². The van der Waals surface area contributed by atoms with Gasteiger partial charge in [-0.2, -0.15) is 0 Å². The molecule has 162 valence electrons. The molecule has 1 aromatic carbocycles. The van der Waals surface area contributed by atoms with Crippen LogP contribution in [0.15, 0.2) is 67.0 Å². The molecule has 1 amide bonds. The molecular weight excluding hydrogens is 412 g/mol. The minimum absolute atomic E-state index is 0.0319. The van der Waals surface area contributed by atoms with E-state index in [2.05, 4.69) is 9.97 Å². The Morgan fingerprint density at radius 1 is 1.09 bits per heavy atom. The first-order chi connectivity index (χ1) is 15.6. The van der Waals surface area contributed by atoms with Crippen LogP contribution >= 0.6 is 0 Å². The molecule has 2 aliphatic heterocycles. The van der Waals surface area contributed by atoms with Gasteiger partial charge in [0.25, 0.3) is 11.7 Å². The molecular formula is C23H20N4O5. The number of aryl methyl sites for hydroxylation is 1. The van der Waals surface area contributed by atoms with Crippen molar-refractivity contribution in [3.63, 3.8) is 0 Å². The predicted octanol–water partition coefficient (Wildman–Crippen LogP) is 2.52. The Morgan fingerprint density at radius 2 is 1.97 bits per heavy atom. The topological polar surface area (TPSA) is 107 Å². The van der Waals surface area contributed by atoms with Crippen LogP contribution in [0.25, 0.3) is 5.76 Å². The number of rotatable bonds is 6. The number of carbonyl (C=O) groups is 2. The highest BCUT2D eigenvalue weighted by Gasteiger charge is 2.46. The Bertz CT molecular complexity index is 1190. The van der Waals surface area contributed by atoms with Crippen LogP contribution in [0, 0.1) is 0 Å². The number of aliphatic hydroxyl groups excluding tert-OH is 1. The van der Waals surface area contributed by atoms with Gasteiger partial charge in [0.1, 0.15) is 5.76 Å². The lowest BCUT2D eigenvalue weighted by Gasteiger charge is -2.25. The third-order valence-corrected chi connectivity index (χ3v) is 5.56. The van der Waals surface area contributed by atoms with Gasteiger partial charge in [0.2, 0.25) is 6.79 Å². The molecule has 5 rings (SSSR count). The molecule has 0 radical (unpaired) electrons. The Balaban J connectivity index is 1.52. The number of likely N-dealkylation sites (tertiary alicyclic amines) is 1. The van der Waals surface area contributed by atoms with Crippen molar-refractivity contribution in [2.24, 2.45) is 0 Å². The molecule has 2 aromatic heterocycles. The number of hydrogen-bond donors (Lipinski definition) is 1. The number of imidazole rings is 1. The Hall–Kier alpha value is -4.14. The molecule has 4 heterocycles. The Kier molecular flexibility index (Phi) is 5.06. The van der Waals surface area contributed by atoms with Gasteiger partial charge in [-0.15, -0.1) is 0 Å². The van der Waals surface area contributed by atoms with Crippen LogP contribution < -0.4 is 9.47 Å². The highest BCUT2D eigenvalue weighted by Crippen LogP contribution is 2.41. The third kappa shape index (κ3) is 3.47. The van der Waals surface area contributed by atoms with E-state index in [1.165, 1.54) is 4.90 Å². The molecule has 3 aromatic rings. The van der Waals surface area contributed by atoms with E-state index in [1.807, 2.05) is 10.8 Å². The summed E-state index contributed by atoms with van der Waals surface area (Å²) in [7, 11) is 0. The lowest BCUT2D eigenvalue weighted by molar-refractivity contribution is -0.139. The summed E-state index contributed by atoms with van der Waals surface area (Å²) in [6, 6.07) is 7.69. The van der Waals surface area contributed by atoms with Gasteiger partial charge >= 0.3 is 0 Å². The molecule has 0 aliphatic carbocycles. The lowest BCUT2D eigenvalue weighted by Crippen LogP contribution is -2.31. The molecule has 0 bridgehead atoms. The van der Waals surface area contributed by atoms with Crippen molar-refractivity contribution in [2.45, 2.75) is 19.0 Å². The summed E-state index contributed by atoms with van der Waals surface area (Å²) in [5.41, 5.74) is 1.06. The van der Waals surface area contributed by atoms with E-state index in [0.29, 0.717) is 42.1 Å². The van der Waals surface area contributed by atoms with Crippen LogP contribution in [0.5, 0.6) is 11.5 Å². The fourth-order valence-corrected chi connectivity index (χ4v) is 4.04. The van der Waals surface area contributed by atoms with Crippen LogP contribution in [-0.4, -0.2) is 49.6 Å². The number of hydrogen-bond acceptors (Lipinski definition) is 7. The minimum Gasteiger partial charge on any atom is -0.507 e. The van der Waals surface area contributed by atoms with Crippen molar-refractivity contribution >= 4 is 17.4 Å². The smallest absolute Gasteiger partial charge is 0.295 e. The summed E-state index contributed by atoms with van der Waals surface area (Å²) < 4.78 is 12.6. The maximum absolute atomic E-state index is 13.0. The number of aromatic nitrogens is 3. The summed E-state index contributed by atoms with van der Waals surface area (Å²) in [4.78, 5) is 35.7. The maximum Gasteiger partial charge on any atom is 0.295 e. The van der Waals surface area contributed by atoms with Crippen molar-refractivity contribution in [3.8, 4) is 11.5 Å². The van der Waals surface area contributed by atoms with Gasteiger partial charge in [-0.1, -0.05) is 6.07 Å². The van der Waals surface area contributed by atoms with E-state index in [-0.39, 0.29) is 18.1 Å². The number of benzene rings is 1. The average molecular weight is 432 g/mol. The highest BCUT2D eigenvalue weighted by atomic mass is 16.7. The van der Waals surface area contributed by atoms with Gasteiger partial charge in [0.05, 0.1) is 17.9 Å². The van der Waals surface area contributed by atoms with E-state index in [0.717, 1.165) is 0 Å². The highest BCUT2D eigenvalue weighted by molar-refractivity contribution is 6.46. The quantitative estimate of drug-likeness (QED) is 0.362. The summed E-state index contributed by atoms with van der Waals surface area (Å²) in [5, 5.41) is 11.1. The van der Waals surface area contributed by atoms with Crippen LogP contribution in [0.4, 0.5) is 0 Å². The zero-order chi connectivity index (χ0) is 22.1. The van der Waals surface area contributed by atoms with Crippen molar-refractivity contribution in [1.82, 2.24) is 19.4 Å². The van der Waals surface area contributed by atoms with E-state index in [4.69, 9.17) is 9.47 Å². The first kappa shape index (κ1) is 19.8. The van der Waals surface area contributed by atoms with Gasteiger partial charge < -0.3 is 24.0 Å². The zero-order valence-corrected chi connectivity index (χ0v) is 17.0. The number of ether oxygens (including phenoxy) is 2. The first-order valence-corrected chi connectivity index (χ1v) is 10.2. The molecule has 1 N–H and O–H groups in total. The molecule has 0 saturated carbocycles. The van der Waals surface area contributed by atoms with E-state index in [9.17, 15) is 14.7 Å². The molecule has 32 heavy (non-hydrogen) atoms. The fourth-order valence-electron chi connectivity index (χ4n) is 4.04. The number of nitrogens with zero attached hydrogens (tertiary/aromatic N) is 4. The van der Waals surface area contributed by atoms with Crippen molar-refractivity contribution in [3.05, 3.63) is 78.1 Å². The van der Waals surface area contributed by atoms with Crippen LogP contribution in [-0.2, 0) is 16.1 Å². The van der Waals surface area contributed by atoms with E-state index < -0.39 is 17.7 Å². The van der Waals surface area contributed by atoms with E-state index >= 15 is 0 Å². The second-order valence-corrected chi connectivity index (χ2v) is 7.50. The number of Topliss-reactive ketones (excluding diaryl/α,β-unsaturated/α-hetero) is 1. The van der Waals surface area contributed by atoms with Gasteiger partial charge in [-0.3, -0.25) is 14.6 Å². The third-order valence-electron chi connectivity index (χ3n) is 5.56. The SMILES string of the molecule is O=C1C(=O)N(CCCn2ccnc2)C(c2cccnc2)C1=C(O)c1ccc2c(c1)OCO2. The zero-order valence-electron chi connectivity index (χ0n) is 17.0. The molecule has 1 atom stereocenters. The molecule has 1 saturated heterocycles. The van der Waals surface area contributed by atoms with Crippen LogP contribution in [0.3, 0.4) is 0 Å². The number of carbonyl (C=O) groups excluding carboxylic acids is 2. The van der Waals surface area contributed by atoms with Gasteiger partial charge in [0.15, 0.2) is 11.5 Å². The van der Waals surface area contributed by atoms with Gasteiger partial charge in [-0.25, -0.2) is 4.98 Å². The predicted molar refractivity (Wildman–Crippen MR) is 113 cm³/mol. The second kappa shape index (κ2) is 8.18. The summed E-state index contributed by atoms with van der Waals surface area (Å²) in [6.07, 6.45) is 9.06. The molecule has 9 heteroatoms.